The molecule has 0 spiro atoms. The van der Waals surface area contributed by atoms with Crippen LogP contribution in [0.3, 0.4) is 0 Å². The summed E-state index contributed by atoms with van der Waals surface area (Å²) < 4.78 is 7.72. The Bertz CT molecular complexity index is 538. The van der Waals surface area contributed by atoms with Crippen molar-refractivity contribution in [2.24, 2.45) is 12.0 Å². The van der Waals surface area contributed by atoms with Gasteiger partial charge in [0.25, 0.3) is 0 Å². The minimum absolute atomic E-state index is 0.0603. The van der Waals surface area contributed by atoms with Crippen molar-refractivity contribution >= 4 is 5.96 Å². The number of likely N-dealkylation sites (N-methyl/N-ethyl adjacent to an activating group) is 1. The van der Waals surface area contributed by atoms with Crippen molar-refractivity contribution in [3.05, 3.63) is 18.0 Å². The third-order valence-electron chi connectivity index (χ3n) is 4.59. The van der Waals surface area contributed by atoms with Crippen LogP contribution in [0.4, 0.5) is 0 Å². The van der Waals surface area contributed by atoms with E-state index in [0.29, 0.717) is 6.61 Å². The number of rotatable bonds is 5. The average molecular weight is 320 g/mol. The molecule has 1 unspecified atom stereocenters. The second kappa shape index (κ2) is 7.31. The zero-order valence-corrected chi connectivity index (χ0v) is 14.4. The predicted octanol–water partition coefficient (Wildman–Crippen LogP) is 0.463. The average Bonchev–Trinajstić information content (AvgIpc) is 3.33. The van der Waals surface area contributed by atoms with Gasteiger partial charge in [0.15, 0.2) is 5.96 Å². The highest BCUT2D eigenvalue weighted by Gasteiger charge is 2.27. The van der Waals surface area contributed by atoms with Gasteiger partial charge in [0.1, 0.15) is 6.10 Å². The molecule has 1 aliphatic heterocycles. The summed E-state index contributed by atoms with van der Waals surface area (Å²) in [4.78, 5) is 9.14. The molecule has 2 heterocycles. The monoisotopic (exact) mass is 320 g/mol. The van der Waals surface area contributed by atoms with Crippen LogP contribution in [0.15, 0.2) is 17.4 Å². The Hall–Kier alpha value is -1.60. The van der Waals surface area contributed by atoms with E-state index >= 15 is 0 Å². The summed E-state index contributed by atoms with van der Waals surface area (Å²) in [6, 6.07) is 0.803. The van der Waals surface area contributed by atoms with Crippen LogP contribution in [0.5, 0.6) is 0 Å². The molecule has 0 radical (unpaired) electrons. The number of ether oxygens (including phenoxy) is 1. The summed E-state index contributed by atoms with van der Waals surface area (Å²) >= 11 is 0. The molecule has 1 aliphatic carbocycles. The van der Waals surface area contributed by atoms with Crippen LogP contribution in [0.2, 0.25) is 0 Å². The highest BCUT2D eigenvalue weighted by atomic mass is 16.5. The number of aryl methyl sites for hydroxylation is 1. The highest BCUT2D eigenvalue weighted by Crippen LogP contribution is 2.24. The van der Waals surface area contributed by atoms with Gasteiger partial charge in [-0.3, -0.25) is 9.67 Å². The molecule has 0 bridgehead atoms. The lowest BCUT2D eigenvalue weighted by atomic mass is 10.1. The van der Waals surface area contributed by atoms with Gasteiger partial charge in [-0.1, -0.05) is 0 Å². The molecule has 1 N–H and O–H groups in total. The standard InChI is InChI=1S/C16H28N6O/c1-17-16(18-6-7-20(2)14-4-5-14)22-8-9-23-15(12-22)13-10-19-21(3)11-13/h10-11,14-15H,4-9,12H2,1-3H3,(H,17,18). The SMILES string of the molecule is CN=C(NCCN(C)C1CC1)N1CCOC(c2cnn(C)c2)C1. The van der Waals surface area contributed by atoms with E-state index in [1.54, 1.807) is 0 Å². The number of hydrogen-bond donors (Lipinski definition) is 1. The molecule has 3 rings (SSSR count). The Labute approximate surface area is 138 Å². The van der Waals surface area contributed by atoms with Gasteiger partial charge in [0, 0.05) is 51.5 Å². The number of nitrogens with zero attached hydrogens (tertiary/aromatic N) is 5. The Kier molecular flexibility index (Phi) is 5.17. The van der Waals surface area contributed by atoms with Crippen molar-refractivity contribution < 1.29 is 4.74 Å². The van der Waals surface area contributed by atoms with Gasteiger partial charge in [0.2, 0.25) is 0 Å². The molecule has 7 heteroatoms. The first-order valence-corrected chi connectivity index (χ1v) is 8.43. The van der Waals surface area contributed by atoms with Crippen molar-refractivity contribution in [1.29, 1.82) is 0 Å². The number of morpholine rings is 1. The molecule has 0 amide bonds. The molecule has 1 atom stereocenters. The zero-order chi connectivity index (χ0) is 16.2. The van der Waals surface area contributed by atoms with Crippen LogP contribution in [-0.2, 0) is 11.8 Å². The van der Waals surface area contributed by atoms with E-state index in [2.05, 4.69) is 32.3 Å². The van der Waals surface area contributed by atoms with Gasteiger partial charge in [-0.2, -0.15) is 5.10 Å². The van der Waals surface area contributed by atoms with Gasteiger partial charge in [-0.15, -0.1) is 0 Å². The van der Waals surface area contributed by atoms with Gasteiger partial charge in [0.05, 0.1) is 19.3 Å². The maximum atomic E-state index is 5.90. The quantitative estimate of drug-likeness (QED) is 0.631. The lowest BCUT2D eigenvalue weighted by molar-refractivity contribution is -0.00804. The first-order valence-electron chi connectivity index (χ1n) is 8.43. The number of guanidine groups is 1. The first kappa shape index (κ1) is 16.3. The largest absolute Gasteiger partial charge is 0.370 e. The van der Waals surface area contributed by atoms with E-state index in [9.17, 15) is 0 Å². The van der Waals surface area contributed by atoms with E-state index in [4.69, 9.17) is 4.74 Å². The number of aliphatic imine (C=N–C) groups is 1. The zero-order valence-electron chi connectivity index (χ0n) is 14.4. The lowest BCUT2D eigenvalue weighted by Crippen LogP contribution is -2.49. The molecule has 1 saturated heterocycles. The second-order valence-electron chi connectivity index (χ2n) is 6.44. The molecule has 128 valence electrons. The normalized spacial score (nSPS) is 22.7. The molecule has 2 aliphatic rings. The summed E-state index contributed by atoms with van der Waals surface area (Å²) in [6.45, 7) is 4.37. The maximum absolute atomic E-state index is 5.90. The third-order valence-corrected chi connectivity index (χ3v) is 4.59. The van der Waals surface area contributed by atoms with E-state index in [0.717, 1.165) is 43.7 Å². The van der Waals surface area contributed by atoms with Crippen molar-refractivity contribution in [2.75, 3.05) is 46.9 Å². The van der Waals surface area contributed by atoms with Crippen molar-refractivity contribution in [3.63, 3.8) is 0 Å². The molecule has 2 fully saturated rings. The maximum Gasteiger partial charge on any atom is 0.193 e. The number of nitrogens with one attached hydrogen (secondary N) is 1. The summed E-state index contributed by atoms with van der Waals surface area (Å²) in [5, 5.41) is 7.73. The summed E-state index contributed by atoms with van der Waals surface area (Å²) in [7, 11) is 5.98. The minimum Gasteiger partial charge on any atom is -0.370 e. The van der Waals surface area contributed by atoms with E-state index in [1.165, 1.54) is 12.8 Å². The van der Waals surface area contributed by atoms with Crippen LogP contribution in [0, 0.1) is 0 Å². The lowest BCUT2D eigenvalue weighted by Gasteiger charge is -2.35. The summed E-state index contributed by atoms with van der Waals surface area (Å²) in [6.07, 6.45) is 6.66. The van der Waals surface area contributed by atoms with Crippen LogP contribution in [0.25, 0.3) is 0 Å². The molecular formula is C16H28N6O. The fourth-order valence-corrected chi connectivity index (χ4v) is 3.02. The van der Waals surface area contributed by atoms with Crippen molar-refractivity contribution in [1.82, 2.24) is 24.9 Å². The van der Waals surface area contributed by atoms with Gasteiger partial charge < -0.3 is 19.9 Å². The molecule has 1 aromatic rings. The summed E-state index contributed by atoms with van der Waals surface area (Å²) in [5.41, 5.74) is 1.13. The molecular weight excluding hydrogens is 292 g/mol. The minimum atomic E-state index is 0.0603. The van der Waals surface area contributed by atoms with E-state index in [1.807, 2.05) is 31.2 Å². The van der Waals surface area contributed by atoms with Crippen LogP contribution in [0.1, 0.15) is 24.5 Å². The first-order chi connectivity index (χ1) is 11.2. The third kappa shape index (κ3) is 4.23. The second-order valence-corrected chi connectivity index (χ2v) is 6.44. The van der Waals surface area contributed by atoms with Crippen LogP contribution >= 0.6 is 0 Å². The Morgan fingerprint density at radius 1 is 1.52 bits per heavy atom. The fraction of sp³-hybridized carbons (Fsp3) is 0.750. The molecule has 1 saturated carbocycles. The smallest absolute Gasteiger partial charge is 0.193 e. The molecule has 7 nitrogen and oxygen atoms in total. The highest BCUT2D eigenvalue weighted by molar-refractivity contribution is 5.80. The van der Waals surface area contributed by atoms with Crippen molar-refractivity contribution in [2.45, 2.75) is 25.0 Å². The predicted molar refractivity (Wildman–Crippen MR) is 90.5 cm³/mol. The van der Waals surface area contributed by atoms with Crippen molar-refractivity contribution in [3.8, 4) is 0 Å². The Morgan fingerprint density at radius 2 is 2.35 bits per heavy atom. The number of aromatic nitrogens is 2. The van der Waals surface area contributed by atoms with Crippen LogP contribution < -0.4 is 5.32 Å². The Balaban J connectivity index is 1.51. The van der Waals surface area contributed by atoms with Gasteiger partial charge >= 0.3 is 0 Å². The summed E-state index contributed by atoms with van der Waals surface area (Å²) in [5.74, 6) is 0.964. The number of hydrogen-bond acceptors (Lipinski definition) is 4. The van der Waals surface area contributed by atoms with Crippen LogP contribution in [-0.4, -0.2) is 78.5 Å². The fourth-order valence-electron chi connectivity index (χ4n) is 3.02. The van der Waals surface area contributed by atoms with Gasteiger partial charge in [-0.25, -0.2) is 0 Å². The topological polar surface area (TPSA) is 57.9 Å². The Morgan fingerprint density at radius 3 is 3.00 bits per heavy atom. The van der Waals surface area contributed by atoms with Gasteiger partial charge in [-0.05, 0) is 19.9 Å². The molecule has 0 aromatic carbocycles. The molecule has 23 heavy (non-hydrogen) atoms. The van der Waals surface area contributed by atoms with E-state index < -0.39 is 0 Å². The van der Waals surface area contributed by atoms with E-state index in [-0.39, 0.29) is 6.10 Å². The molecule has 1 aromatic heterocycles.